The van der Waals surface area contributed by atoms with Crippen LogP contribution in [0.4, 0.5) is 35.1 Å². The van der Waals surface area contributed by atoms with E-state index in [-0.39, 0.29) is 0 Å². The van der Waals surface area contributed by atoms with E-state index in [9.17, 15) is 36.7 Å². The minimum Gasteiger partial charge on any atom is -0.350 e. The zero-order valence-corrected chi connectivity index (χ0v) is 24.3. The summed E-state index contributed by atoms with van der Waals surface area (Å²) < 4.78 is 119. The largest absolute Gasteiger partial charge is 0.350 e. The van der Waals surface area contributed by atoms with Crippen molar-refractivity contribution in [2.45, 2.75) is 37.8 Å². The van der Waals surface area contributed by atoms with Gasteiger partial charge in [0.05, 0.1) is 0 Å². The van der Waals surface area contributed by atoms with Crippen molar-refractivity contribution in [1.82, 2.24) is 31.2 Å². The van der Waals surface area contributed by atoms with Crippen LogP contribution in [0.1, 0.15) is 53.1 Å². The molecule has 10 nitrogen and oxygen atoms in total. The van der Waals surface area contributed by atoms with Crippen LogP contribution in [0.3, 0.4) is 0 Å². The Balaban J connectivity index is 1.47. The van der Waals surface area contributed by atoms with Gasteiger partial charge in [0, 0.05) is 49.1 Å². The first kappa shape index (κ1) is 34.2. The van der Waals surface area contributed by atoms with E-state index in [4.69, 9.17) is 0 Å². The lowest BCUT2D eigenvalue weighted by Crippen LogP contribution is -2.57. The van der Waals surface area contributed by atoms with Crippen molar-refractivity contribution in [2.24, 2.45) is 11.8 Å². The smallest absolute Gasteiger partial charge is 0.270 e. The molecule has 8 bridgehead atoms. The van der Waals surface area contributed by atoms with E-state index in [1.807, 2.05) is 10.6 Å². The van der Waals surface area contributed by atoms with Gasteiger partial charge in [-0.1, -0.05) is 12.1 Å². The van der Waals surface area contributed by atoms with Crippen molar-refractivity contribution < 1.29 is 54.3 Å². The van der Waals surface area contributed by atoms with Gasteiger partial charge in [-0.05, 0) is 24.3 Å². The Labute approximate surface area is 265 Å². The molecule has 0 saturated heterocycles. The SMILES string of the molecule is O=C1NCc2c(F)c(F)c(c(F)c2F)CNC(=O)c2cccc(n2)C(=O)NCC2[C@H](F)C(F)C(CNC(=O)c3cccc1n3)C(F)[C@@H]2F. The summed E-state index contributed by atoms with van der Waals surface area (Å²) in [7, 11) is 0. The van der Waals surface area contributed by atoms with Crippen LogP contribution in [-0.4, -0.2) is 71.4 Å². The average molecular weight is 685 g/mol. The number of hydrogen-bond donors (Lipinski definition) is 4. The first-order valence-corrected chi connectivity index (χ1v) is 14.3. The maximum absolute atomic E-state index is 15.0. The molecule has 4 aliphatic heterocycles. The maximum Gasteiger partial charge on any atom is 0.270 e. The fourth-order valence-corrected chi connectivity index (χ4v) is 5.28. The number of aromatic nitrogens is 2. The Morgan fingerprint density at radius 1 is 0.479 bits per heavy atom. The third kappa shape index (κ3) is 6.64. The van der Waals surface area contributed by atoms with Gasteiger partial charge in [0.2, 0.25) is 0 Å². The topological polar surface area (TPSA) is 142 Å². The third-order valence-electron chi connectivity index (χ3n) is 7.97. The Kier molecular flexibility index (Phi) is 9.90. The minimum absolute atomic E-state index is 0.501. The van der Waals surface area contributed by atoms with Crippen LogP contribution < -0.4 is 21.3 Å². The standard InChI is InChI=1S/C30H24F8N6O4/c31-19-11-7-39-27(45)15-3-1-4-16(43-15)28(46)40-8-12-21(33)25(37)14(26(38)22(12)34)10-42-30(48)18-6-2-5-17(44-18)29(47)41-9-13(23(19)35)24(36)20(11)32/h1-6,11,13,19-20,23-24H,7-10H2,(H,39,45)(H,40,46)(H,41,47)(H,42,48)/t11?,13?,19-,20+,23?,24?. The highest BCUT2D eigenvalue weighted by Gasteiger charge is 2.52. The zero-order chi connectivity index (χ0) is 34.9. The highest BCUT2D eigenvalue weighted by molar-refractivity contribution is 5.97. The van der Waals surface area contributed by atoms with Gasteiger partial charge in [0.25, 0.3) is 23.6 Å². The van der Waals surface area contributed by atoms with Crippen molar-refractivity contribution in [1.29, 1.82) is 0 Å². The number of amides is 4. The Bertz CT molecular complexity index is 1610. The van der Waals surface area contributed by atoms with Crippen molar-refractivity contribution in [3.63, 3.8) is 0 Å². The summed E-state index contributed by atoms with van der Waals surface area (Å²) in [6, 6.07) is 6.55. The Hall–Kier alpha value is -5.16. The first-order valence-electron chi connectivity index (χ1n) is 14.3. The molecule has 6 heterocycles. The van der Waals surface area contributed by atoms with Gasteiger partial charge in [-0.3, -0.25) is 19.2 Å². The first-order chi connectivity index (χ1) is 22.8. The van der Waals surface area contributed by atoms with E-state index < -0.39 is 144 Å². The van der Waals surface area contributed by atoms with E-state index in [0.717, 1.165) is 36.4 Å². The normalized spacial score (nSPS) is 25.6. The summed E-state index contributed by atoms with van der Waals surface area (Å²) in [6.07, 6.45) is -10.5. The molecule has 0 spiro atoms. The summed E-state index contributed by atoms with van der Waals surface area (Å²) in [5.41, 5.74) is -4.50. The molecule has 8 rings (SSSR count). The molecule has 254 valence electrons. The molecule has 6 atom stereocenters. The molecule has 1 saturated carbocycles. The van der Waals surface area contributed by atoms with Crippen LogP contribution in [0.5, 0.6) is 0 Å². The summed E-state index contributed by atoms with van der Waals surface area (Å²) in [6.45, 7) is -3.99. The van der Waals surface area contributed by atoms with E-state index in [0.29, 0.717) is 0 Å². The number of hydrogen-bond acceptors (Lipinski definition) is 6. The number of nitrogens with zero attached hydrogens (tertiary/aromatic N) is 2. The van der Waals surface area contributed by atoms with Crippen molar-refractivity contribution >= 4 is 23.6 Å². The number of nitrogens with one attached hydrogen (secondary N) is 4. The summed E-state index contributed by atoms with van der Waals surface area (Å²) in [5, 5.41) is 8.18. The monoisotopic (exact) mass is 684 g/mol. The highest BCUT2D eigenvalue weighted by atomic mass is 19.2. The van der Waals surface area contributed by atoms with Crippen LogP contribution in [0, 0.1) is 35.1 Å². The Morgan fingerprint density at radius 2 is 0.750 bits per heavy atom. The van der Waals surface area contributed by atoms with Gasteiger partial charge in [0.1, 0.15) is 47.5 Å². The predicted molar refractivity (Wildman–Crippen MR) is 148 cm³/mol. The Morgan fingerprint density at radius 3 is 1.04 bits per heavy atom. The van der Waals surface area contributed by atoms with Gasteiger partial charge < -0.3 is 21.3 Å². The fraction of sp³-hybridized carbons (Fsp3) is 0.333. The van der Waals surface area contributed by atoms with Crippen LogP contribution in [0.25, 0.3) is 0 Å². The number of pyridine rings is 2. The van der Waals surface area contributed by atoms with Crippen molar-refractivity contribution in [2.75, 3.05) is 13.1 Å². The predicted octanol–water partition coefficient (Wildman–Crippen LogP) is 2.96. The fourth-order valence-electron chi connectivity index (χ4n) is 5.28. The van der Waals surface area contributed by atoms with Crippen molar-refractivity contribution in [3.05, 3.63) is 93.6 Å². The molecule has 4 amide bonds. The lowest BCUT2D eigenvalue weighted by atomic mass is 9.76. The van der Waals surface area contributed by atoms with Crippen LogP contribution in [0.15, 0.2) is 36.4 Å². The second kappa shape index (κ2) is 13.9. The lowest BCUT2D eigenvalue weighted by molar-refractivity contribution is -0.0752. The number of carbonyl (C=O) groups excluding carboxylic acids is 4. The second-order valence-corrected chi connectivity index (χ2v) is 10.9. The molecule has 1 fully saturated rings. The molecule has 4 N–H and O–H groups in total. The van der Waals surface area contributed by atoms with E-state index in [1.165, 1.54) is 0 Å². The van der Waals surface area contributed by atoms with Crippen LogP contribution in [0.2, 0.25) is 0 Å². The number of benzene rings is 1. The quantitative estimate of drug-likeness (QED) is 0.212. The van der Waals surface area contributed by atoms with E-state index in [1.54, 1.807) is 0 Å². The third-order valence-corrected chi connectivity index (χ3v) is 7.97. The van der Waals surface area contributed by atoms with Gasteiger partial charge in [-0.2, -0.15) is 0 Å². The number of halogens is 8. The van der Waals surface area contributed by atoms with Crippen molar-refractivity contribution in [3.8, 4) is 0 Å². The molecule has 4 unspecified atom stereocenters. The number of carbonyl (C=O) groups is 4. The number of rotatable bonds is 0. The molecule has 48 heavy (non-hydrogen) atoms. The molecule has 3 aromatic rings. The van der Waals surface area contributed by atoms with Crippen LogP contribution >= 0.6 is 0 Å². The molecule has 2 aromatic heterocycles. The van der Waals surface area contributed by atoms with Crippen LogP contribution in [-0.2, 0) is 13.1 Å². The molecule has 1 aliphatic carbocycles. The average Bonchev–Trinajstić information content (AvgIpc) is 3.09. The molecule has 0 radical (unpaired) electrons. The van der Waals surface area contributed by atoms with E-state index >= 15 is 17.6 Å². The highest BCUT2D eigenvalue weighted by Crippen LogP contribution is 2.37. The maximum atomic E-state index is 15.0. The van der Waals surface area contributed by atoms with E-state index in [2.05, 4.69) is 20.6 Å². The zero-order valence-electron chi connectivity index (χ0n) is 24.3. The molecule has 5 aliphatic rings. The summed E-state index contributed by atoms with van der Waals surface area (Å²) >= 11 is 0. The van der Waals surface area contributed by atoms with Gasteiger partial charge in [-0.25, -0.2) is 45.1 Å². The molecule has 18 heteroatoms. The molecular formula is C30H24F8N6O4. The summed E-state index contributed by atoms with van der Waals surface area (Å²) in [4.78, 5) is 58.1. The molecule has 1 aromatic carbocycles. The summed E-state index contributed by atoms with van der Waals surface area (Å²) in [5.74, 6) is -16.0. The minimum atomic E-state index is -2.62. The second-order valence-electron chi connectivity index (χ2n) is 10.9. The lowest BCUT2D eigenvalue weighted by Gasteiger charge is -2.39. The van der Waals surface area contributed by atoms with Gasteiger partial charge >= 0.3 is 0 Å². The number of alkyl halides is 4. The van der Waals surface area contributed by atoms with Gasteiger partial charge in [-0.15, -0.1) is 0 Å². The van der Waals surface area contributed by atoms with Gasteiger partial charge in [0.15, 0.2) is 23.3 Å². The molecular weight excluding hydrogens is 660 g/mol.